The summed E-state index contributed by atoms with van der Waals surface area (Å²) in [5, 5.41) is 0. The molecule has 0 aromatic heterocycles. The van der Waals surface area contributed by atoms with Crippen LogP contribution in [0, 0.1) is 13.8 Å². The van der Waals surface area contributed by atoms with Gasteiger partial charge in [-0.2, -0.15) is 0 Å². The van der Waals surface area contributed by atoms with Crippen LogP contribution in [-0.4, -0.2) is 12.1 Å². The van der Waals surface area contributed by atoms with Gasteiger partial charge in [0.25, 0.3) is 0 Å². The van der Waals surface area contributed by atoms with Crippen molar-refractivity contribution in [3.8, 4) is 5.75 Å². The molecule has 1 aliphatic heterocycles. The minimum atomic E-state index is 0.349. The highest BCUT2D eigenvalue weighted by molar-refractivity contribution is 5.64. The van der Waals surface area contributed by atoms with Gasteiger partial charge in [0, 0.05) is 6.54 Å². The molecule has 4 rings (SSSR count). The van der Waals surface area contributed by atoms with Crippen LogP contribution < -0.4 is 9.64 Å². The summed E-state index contributed by atoms with van der Waals surface area (Å²) in [6.07, 6.45) is 5.38. The summed E-state index contributed by atoms with van der Waals surface area (Å²) in [6.45, 7) is 5.34. The van der Waals surface area contributed by atoms with Crippen LogP contribution in [0.5, 0.6) is 5.75 Å². The summed E-state index contributed by atoms with van der Waals surface area (Å²) in [5.74, 6) is 1.08. The predicted molar refractivity (Wildman–Crippen MR) is 95.2 cm³/mol. The zero-order valence-corrected chi connectivity index (χ0v) is 14.1. The quantitative estimate of drug-likeness (QED) is 0.773. The molecule has 0 bridgehead atoms. The van der Waals surface area contributed by atoms with Gasteiger partial charge >= 0.3 is 0 Å². The molecule has 0 unspecified atom stereocenters. The van der Waals surface area contributed by atoms with E-state index in [0.29, 0.717) is 12.1 Å². The molecule has 120 valence electrons. The molecule has 2 aromatic rings. The fourth-order valence-electron chi connectivity index (χ4n) is 3.99. The fourth-order valence-corrected chi connectivity index (χ4v) is 3.99. The maximum Gasteiger partial charge on any atom is 0.143 e. The molecular formula is C21H25NO. The Morgan fingerprint density at radius 2 is 1.74 bits per heavy atom. The van der Waals surface area contributed by atoms with E-state index in [1.807, 2.05) is 0 Å². The molecule has 1 heterocycles. The maximum atomic E-state index is 6.40. The molecule has 2 heteroatoms. The van der Waals surface area contributed by atoms with Gasteiger partial charge in [-0.25, -0.2) is 0 Å². The van der Waals surface area contributed by atoms with Crippen LogP contribution in [0.2, 0.25) is 0 Å². The Bertz CT molecular complexity index is 694. The van der Waals surface area contributed by atoms with Crippen molar-refractivity contribution in [2.24, 2.45) is 0 Å². The summed E-state index contributed by atoms with van der Waals surface area (Å²) in [6, 6.07) is 15.9. The molecule has 0 spiro atoms. The van der Waals surface area contributed by atoms with Crippen LogP contribution in [0.25, 0.3) is 0 Å². The van der Waals surface area contributed by atoms with Gasteiger partial charge in [-0.05, 0) is 61.9 Å². The molecule has 1 saturated carbocycles. The van der Waals surface area contributed by atoms with Gasteiger partial charge in [-0.3, -0.25) is 0 Å². The molecule has 2 aromatic carbocycles. The number of rotatable bonds is 2. The van der Waals surface area contributed by atoms with E-state index in [-0.39, 0.29) is 0 Å². The predicted octanol–water partition coefficient (Wildman–Crippen LogP) is 5.01. The number of nitrogens with zero attached hydrogens (tertiary/aromatic N) is 1. The lowest BCUT2D eigenvalue weighted by Crippen LogP contribution is -2.51. The zero-order valence-electron chi connectivity index (χ0n) is 14.1. The first-order chi connectivity index (χ1) is 11.2. The lowest BCUT2D eigenvalue weighted by atomic mass is 9.88. The second-order valence-electron chi connectivity index (χ2n) is 7.03. The van der Waals surface area contributed by atoms with E-state index < -0.39 is 0 Å². The highest BCUT2D eigenvalue weighted by atomic mass is 16.5. The standard InChI is InChI=1S/C21H25NO/c1-15-12-19-21(13-16(15)2)23-20-11-7-6-10-18(20)22(19)14-17-8-4-3-5-9-17/h3-5,8-9,12-13,18,20H,6-7,10-11,14H2,1-2H3/t18-,20+/m0/s1. The smallest absolute Gasteiger partial charge is 0.143 e. The van der Waals surface area contributed by atoms with Crippen LogP contribution in [0.4, 0.5) is 5.69 Å². The number of benzene rings is 2. The largest absolute Gasteiger partial charge is 0.486 e. The molecule has 2 atom stereocenters. The van der Waals surface area contributed by atoms with Crippen LogP contribution >= 0.6 is 0 Å². The van der Waals surface area contributed by atoms with Crippen molar-refractivity contribution in [1.29, 1.82) is 0 Å². The van der Waals surface area contributed by atoms with Crippen molar-refractivity contribution >= 4 is 5.69 Å². The summed E-state index contributed by atoms with van der Waals surface area (Å²) in [5.41, 5.74) is 5.32. The molecule has 23 heavy (non-hydrogen) atoms. The third-order valence-corrected chi connectivity index (χ3v) is 5.43. The molecule has 0 saturated heterocycles. The normalized spacial score (nSPS) is 23.0. The van der Waals surface area contributed by atoms with Crippen LogP contribution in [0.3, 0.4) is 0 Å². The summed E-state index contributed by atoms with van der Waals surface area (Å²) < 4.78 is 6.40. The number of ether oxygens (including phenoxy) is 1. The Labute approximate surface area is 139 Å². The van der Waals surface area contributed by atoms with Crippen molar-refractivity contribution in [3.05, 3.63) is 59.2 Å². The summed E-state index contributed by atoms with van der Waals surface area (Å²) in [4.78, 5) is 2.60. The molecule has 1 fully saturated rings. The lowest BCUT2D eigenvalue weighted by molar-refractivity contribution is 0.113. The second-order valence-corrected chi connectivity index (χ2v) is 7.03. The Balaban J connectivity index is 1.75. The molecule has 2 aliphatic rings. The molecule has 1 aliphatic carbocycles. The number of aryl methyl sites for hydroxylation is 2. The van der Waals surface area contributed by atoms with E-state index in [1.165, 1.54) is 48.1 Å². The van der Waals surface area contributed by atoms with Crippen LogP contribution in [0.1, 0.15) is 42.4 Å². The first kappa shape index (κ1) is 14.6. The monoisotopic (exact) mass is 307 g/mol. The van der Waals surface area contributed by atoms with Gasteiger partial charge in [-0.15, -0.1) is 0 Å². The van der Waals surface area contributed by atoms with E-state index in [2.05, 4.69) is 61.2 Å². The van der Waals surface area contributed by atoms with Gasteiger partial charge in [0.05, 0.1) is 11.7 Å². The van der Waals surface area contributed by atoms with Gasteiger partial charge in [-0.1, -0.05) is 36.8 Å². The highest BCUT2D eigenvalue weighted by Gasteiger charge is 2.37. The SMILES string of the molecule is Cc1cc2c(cc1C)N(Cc1ccccc1)[C@H]1CCCC[C@H]1O2. The Kier molecular flexibility index (Phi) is 3.76. The molecular weight excluding hydrogens is 282 g/mol. The molecule has 0 N–H and O–H groups in total. The fraction of sp³-hybridized carbons (Fsp3) is 0.429. The van der Waals surface area contributed by atoms with Crippen LogP contribution in [-0.2, 0) is 6.54 Å². The van der Waals surface area contributed by atoms with E-state index in [4.69, 9.17) is 4.74 Å². The summed E-state index contributed by atoms with van der Waals surface area (Å²) >= 11 is 0. The first-order valence-electron chi connectivity index (χ1n) is 8.81. The lowest BCUT2D eigenvalue weighted by Gasteiger charge is -2.46. The van der Waals surface area contributed by atoms with Crippen molar-refractivity contribution < 1.29 is 4.74 Å². The second kappa shape index (κ2) is 5.92. The minimum Gasteiger partial charge on any atom is -0.486 e. The third-order valence-electron chi connectivity index (χ3n) is 5.43. The number of fused-ring (bicyclic) bond motifs is 2. The third kappa shape index (κ3) is 2.71. The van der Waals surface area contributed by atoms with E-state index in [1.54, 1.807) is 0 Å². The van der Waals surface area contributed by atoms with E-state index in [9.17, 15) is 0 Å². The molecule has 0 amide bonds. The average molecular weight is 307 g/mol. The first-order valence-corrected chi connectivity index (χ1v) is 8.81. The van der Waals surface area contributed by atoms with E-state index >= 15 is 0 Å². The average Bonchev–Trinajstić information content (AvgIpc) is 2.57. The zero-order chi connectivity index (χ0) is 15.8. The minimum absolute atomic E-state index is 0.349. The van der Waals surface area contributed by atoms with Gasteiger partial charge < -0.3 is 9.64 Å². The van der Waals surface area contributed by atoms with E-state index in [0.717, 1.165) is 12.3 Å². The van der Waals surface area contributed by atoms with Crippen molar-refractivity contribution in [2.45, 2.75) is 58.2 Å². The van der Waals surface area contributed by atoms with Crippen molar-refractivity contribution in [2.75, 3.05) is 4.90 Å². The molecule has 2 nitrogen and oxygen atoms in total. The van der Waals surface area contributed by atoms with Crippen LogP contribution in [0.15, 0.2) is 42.5 Å². The molecule has 0 radical (unpaired) electrons. The van der Waals surface area contributed by atoms with Crippen molar-refractivity contribution in [3.63, 3.8) is 0 Å². The maximum absolute atomic E-state index is 6.40. The van der Waals surface area contributed by atoms with Gasteiger partial charge in [0.15, 0.2) is 0 Å². The number of anilines is 1. The van der Waals surface area contributed by atoms with Gasteiger partial charge in [0.2, 0.25) is 0 Å². The number of hydrogen-bond acceptors (Lipinski definition) is 2. The summed E-state index contributed by atoms with van der Waals surface area (Å²) in [7, 11) is 0. The Morgan fingerprint density at radius 1 is 1.00 bits per heavy atom. The topological polar surface area (TPSA) is 12.5 Å². The number of hydrogen-bond donors (Lipinski definition) is 0. The highest BCUT2D eigenvalue weighted by Crippen LogP contribution is 2.42. The Morgan fingerprint density at radius 3 is 2.57 bits per heavy atom. The van der Waals surface area contributed by atoms with Crippen molar-refractivity contribution in [1.82, 2.24) is 0 Å². The Hall–Kier alpha value is -1.96. The van der Waals surface area contributed by atoms with Gasteiger partial charge in [0.1, 0.15) is 11.9 Å².